The quantitative estimate of drug-likeness (QED) is 0.235. The lowest BCUT2D eigenvalue weighted by atomic mass is 9.92. The van der Waals surface area contributed by atoms with Crippen molar-refractivity contribution in [3.63, 3.8) is 0 Å². The van der Waals surface area contributed by atoms with E-state index >= 15 is 0 Å². The first-order valence-electron chi connectivity index (χ1n) is 11.2. The summed E-state index contributed by atoms with van der Waals surface area (Å²) in [5, 5.41) is 4.59. The molecule has 0 unspecified atom stereocenters. The number of hydrogen-bond donors (Lipinski definition) is 0. The largest absolute Gasteiger partial charge is 0.493 e. The molecule has 4 nitrogen and oxygen atoms in total. The van der Waals surface area contributed by atoms with Crippen molar-refractivity contribution in [1.29, 1.82) is 0 Å². The standard InChI is InChI=1S/C30H26O4/c1-31-27-15-7-9-17-29(27)33-19-25-21-11-3-5-13-23(21)26(24-14-6-4-12-22(24)25)20-34-30-18-10-8-16-28(30)32-2/h3-18H,19-20H2,1-2H3. The van der Waals surface area contributed by atoms with Gasteiger partial charge in [0.15, 0.2) is 23.0 Å². The number of methoxy groups -OCH3 is 2. The van der Waals surface area contributed by atoms with Gasteiger partial charge in [-0.1, -0.05) is 72.8 Å². The summed E-state index contributed by atoms with van der Waals surface area (Å²) in [7, 11) is 3.31. The molecule has 0 spiro atoms. The van der Waals surface area contributed by atoms with Gasteiger partial charge >= 0.3 is 0 Å². The highest BCUT2D eigenvalue weighted by Gasteiger charge is 2.16. The number of fused-ring (bicyclic) bond motifs is 2. The lowest BCUT2D eigenvalue weighted by Gasteiger charge is -2.19. The van der Waals surface area contributed by atoms with Crippen LogP contribution in [0.5, 0.6) is 23.0 Å². The van der Waals surface area contributed by atoms with Crippen LogP contribution in [0.1, 0.15) is 11.1 Å². The molecule has 0 aliphatic heterocycles. The molecule has 0 aromatic heterocycles. The zero-order chi connectivity index (χ0) is 23.3. The number of ether oxygens (including phenoxy) is 4. The second kappa shape index (κ2) is 9.75. The maximum atomic E-state index is 6.26. The van der Waals surface area contributed by atoms with Crippen molar-refractivity contribution in [2.24, 2.45) is 0 Å². The van der Waals surface area contributed by atoms with E-state index in [0.29, 0.717) is 13.2 Å². The summed E-state index contributed by atoms with van der Waals surface area (Å²) < 4.78 is 23.5. The normalized spacial score (nSPS) is 10.9. The average Bonchev–Trinajstić information content (AvgIpc) is 2.90. The molecule has 170 valence electrons. The zero-order valence-corrected chi connectivity index (χ0v) is 19.3. The molecular weight excluding hydrogens is 424 g/mol. The Morgan fingerprint density at radius 3 is 1.03 bits per heavy atom. The molecule has 0 saturated carbocycles. The minimum atomic E-state index is 0.426. The van der Waals surface area contributed by atoms with Crippen LogP contribution >= 0.6 is 0 Å². The van der Waals surface area contributed by atoms with Gasteiger partial charge in [0.1, 0.15) is 13.2 Å². The predicted octanol–water partition coefficient (Wildman–Crippen LogP) is 7.17. The molecule has 0 saturated heterocycles. The molecule has 0 amide bonds. The molecule has 5 aromatic rings. The summed E-state index contributed by atoms with van der Waals surface area (Å²) in [5.41, 5.74) is 2.27. The molecule has 0 heterocycles. The van der Waals surface area contributed by atoms with E-state index in [2.05, 4.69) is 48.5 Å². The molecule has 0 aliphatic rings. The second-order valence-electron chi connectivity index (χ2n) is 7.93. The number of para-hydroxylation sites is 4. The first-order valence-corrected chi connectivity index (χ1v) is 11.2. The summed E-state index contributed by atoms with van der Waals surface area (Å²) in [5.74, 6) is 2.89. The van der Waals surface area contributed by atoms with E-state index in [9.17, 15) is 0 Å². The van der Waals surface area contributed by atoms with E-state index in [-0.39, 0.29) is 0 Å². The molecule has 34 heavy (non-hydrogen) atoms. The van der Waals surface area contributed by atoms with Crippen LogP contribution in [0.4, 0.5) is 0 Å². The lowest BCUT2D eigenvalue weighted by molar-refractivity contribution is 0.285. The third-order valence-electron chi connectivity index (χ3n) is 6.04. The zero-order valence-electron chi connectivity index (χ0n) is 19.3. The average molecular weight is 451 g/mol. The second-order valence-corrected chi connectivity index (χ2v) is 7.93. The van der Waals surface area contributed by atoms with Crippen LogP contribution in [0.3, 0.4) is 0 Å². The molecule has 0 aliphatic carbocycles. The fourth-order valence-corrected chi connectivity index (χ4v) is 4.40. The van der Waals surface area contributed by atoms with Crippen LogP contribution in [-0.2, 0) is 13.2 Å². The van der Waals surface area contributed by atoms with Gasteiger partial charge in [0.05, 0.1) is 14.2 Å². The van der Waals surface area contributed by atoms with Gasteiger partial charge in [-0.3, -0.25) is 0 Å². The van der Waals surface area contributed by atoms with Crippen LogP contribution in [-0.4, -0.2) is 14.2 Å². The Morgan fingerprint density at radius 2 is 0.706 bits per heavy atom. The molecule has 0 radical (unpaired) electrons. The molecule has 4 heteroatoms. The van der Waals surface area contributed by atoms with Crippen molar-refractivity contribution in [2.75, 3.05) is 14.2 Å². The minimum Gasteiger partial charge on any atom is -0.493 e. The number of hydrogen-bond acceptors (Lipinski definition) is 4. The maximum Gasteiger partial charge on any atom is 0.161 e. The van der Waals surface area contributed by atoms with Crippen LogP contribution in [0.25, 0.3) is 21.5 Å². The smallest absolute Gasteiger partial charge is 0.161 e. The summed E-state index contributed by atoms with van der Waals surface area (Å²) in [4.78, 5) is 0. The van der Waals surface area contributed by atoms with Crippen molar-refractivity contribution < 1.29 is 18.9 Å². The van der Waals surface area contributed by atoms with E-state index in [1.165, 1.54) is 0 Å². The van der Waals surface area contributed by atoms with Gasteiger partial charge in [-0.15, -0.1) is 0 Å². The summed E-state index contributed by atoms with van der Waals surface area (Å²) in [6.45, 7) is 0.851. The van der Waals surface area contributed by atoms with Gasteiger partial charge in [0.25, 0.3) is 0 Å². The molecule has 5 rings (SSSR count). The topological polar surface area (TPSA) is 36.9 Å². The Bertz CT molecular complexity index is 1270. The third kappa shape index (κ3) is 4.11. The Kier molecular flexibility index (Phi) is 6.21. The van der Waals surface area contributed by atoms with E-state index in [0.717, 1.165) is 55.7 Å². The minimum absolute atomic E-state index is 0.426. The van der Waals surface area contributed by atoms with Crippen LogP contribution in [0.2, 0.25) is 0 Å². The Morgan fingerprint density at radius 1 is 0.412 bits per heavy atom. The monoisotopic (exact) mass is 450 g/mol. The van der Waals surface area contributed by atoms with Gasteiger partial charge in [0.2, 0.25) is 0 Å². The van der Waals surface area contributed by atoms with Gasteiger partial charge in [0, 0.05) is 11.1 Å². The van der Waals surface area contributed by atoms with E-state index < -0.39 is 0 Å². The Balaban J connectivity index is 1.58. The highest BCUT2D eigenvalue weighted by Crippen LogP contribution is 2.36. The van der Waals surface area contributed by atoms with Crippen molar-refractivity contribution in [3.8, 4) is 23.0 Å². The van der Waals surface area contributed by atoms with Crippen molar-refractivity contribution in [2.45, 2.75) is 13.2 Å². The van der Waals surface area contributed by atoms with Crippen LogP contribution in [0, 0.1) is 0 Å². The van der Waals surface area contributed by atoms with Crippen molar-refractivity contribution in [1.82, 2.24) is 0 Å². The summed E-state index contributed by atoms with van der Waals surface area (Å²) in [6, 6.07) is 32.3. The SMILES string of the molecule is COc1ccccc1OCc1c2ccccc2c(COc2ccccc2OC)c2ccccc12. The van der Waals surface area contributed by atoms with Gasteiger partial charge in [-0.2, -0.15) is 0 Å². The van der Waals surface area contributed by atoms with Crippen molar-refractivity contribution in [3.05, 3.63) is 108 Å². The molecule has 0 atom stereocenters. The fraction of sp³-hybridized carbons (Fsp3) is 0.133. The molecule has 0 fully saturated rings. The maximum absolute atomic E-state index is 6.26. The van der Waals surface area contributed by atoms with Gasteiger partial charge in [-0.05, 0) is 45.8 Å². The first-order chi connectivity index (χ1) is 16.8. The highest BCUT2D eigenvalue weighted by molar-refractivity contribution is 6.05. The Labute approximate surface area is 199 Å². The highest BCUT2D eigenvalue weighted by atomic mass is 16.5. The summed E-state index contributed by atoms with van der Waals surface area (Å²) in [6.07, 6.45) is 0. The van der Waals surface area contributed by atoms with Gasteiger partial charge in [-0.25, -0.2) is 0 Å². The number of rotatable bonds is 8. The van der Waals surface area contributed by atoms with Gasteiger partial charge < -0.3 is 18.9 Å². The van der Waals surface area contributed by atoms with Crippen molar-refractivity contribution >= 4 is 21.5 Å². The molecular formula is C30H26O4. The molecule has 5 aromatic carbocycles. The number of benzene rings is 5. The molecule has 0 bridgehead atoms. The van der Waals surface area contributed by atoms with E-state index in [1.54, 1.807) is 14.2 Å². The van der Waals surface area contributed by atoms with Crippen LogP contribution < -0.4 is 18.9 Å². The lowest BCUT2D eigenvalue weighted by Crippen LogP contribution is -2.04. The third-order valence-corrected chi connectivity index (χ3v) is 6.04. The predicted molar refractivity (Wildman–Crippen MR) is 136 cm³/mol. The fourth-order valence-electron chi connectivity index (χ4n) is 4.40. The Hall–Kier alpha value is -4.18. The summed E-state index contributed by atoms with van der Waals surface area (Å²) >= 11 is 0. The van der Waals surface area contributed by atoms with Crippen LogP contribution in [0.15, 0.2) is 97.1 Å². The first kappa shape index (κ1) is 21.7. The molecule has 0 N–H and O–H groups in total. The van der Waals surface area contributed by atoms with E-state index in [4.69, 9.17) is 18.9 Å². The van der Waals surface area contributed by atoms with E-state index in [1.807, 2.05) is 48.5 Å².